The molecule has 0 aliphatic heterocycles. The van der Waals surface area contributed by atoms with Crippen molar-refractivity contribution < 1.29 is 5.11 Å². The fraction of sp³-hybridized carbons (Fsp3) is 0.208. The Morgan fingerprint density at radius 3 is 2.54 bits per heavy atom. The number of halogens is 1. The first-order valence-electron chi connectivity index (χ1n) is 11.0. The molecule has 35 heavy (non-hydrogen) atoms. The van der Waals surface area contributed by atoms with Gasteiger partial charge in [0.2, 0.25) is 5.88 Å². The second-order valence-electron chi connectivity index (χ2n) is 8.09. The quantitative estimate of drug-likeness (QED) is 0.245. The topological polar surface area (TPSA) is 123 Å². The average Bonchev–Trinajstić information content (AvgIpc) is 3.38. The van der Waals surface area contributed by atoms with Crippen molar-refractivity contribution in [3.05, 3.63) is 81.0 Å². The monoisotopic (exact) mass is 535 g/mol. The van der Waals surface area contributed by atoms with E-state index in [-0.39, 0.29) is 29.0 Å². The molecule has 10 nitrogen and oxygen atoms in total. The molecule has 3 heterocycles. The molecule has 3 aromatic heterocycles. The molecule has 0 aliphatic rings. The summed E-state index contributed by atoms with van der Waals surface area (Å²) in [4.78, 5) is 31.9. The summed E-state index contributed by atoms with van der Waals surface area (Å²) in [6, 6.07) is 16.8. The summed E-state index contributed by atoms with van der Waals surface area (Å²) in [5, 5.41) is 21.0. The number of aromatic amines is 1. The first-order chi connectivity index (χ1) is 16.9. The second-order valence-corrected chi connectivity index (χ2v) is 8.88. The lowest BCUT2D eigenvalue weighted by molar-refractivity contribution is 0.427. The van der Waals surface area contributed by atoms with Crippen LogP contribution in [0.1, 0.15) is 18.5 Å². The highest BCUT2D eigenvalue weighted by Gasteiger charge is 2.23. The maximum absolute atomic E-state index is 12.9. The van der Waals surface area contributed by atoms with Crippen molar-refractivity contribution >= 4 is 49.6 Å². The zero-order valence-electron chi connectivity index (χ0n) is 19.0. The number of azo groups is 1. The van der Waals surface area contributed by atoms with Crippen LogP contribution in [0.2, 0.25) is 0 Å². The molecule has 0 saturated heterocycles. The Labute approximate surface area is 207 Å². The normalized spacial score (nSPS) is 12.8. The summed E-state index contributed by atoms with van der Waals surface area (Å²) in [6.07, 6.45) is 0. The Morgan fingerprint density at radius 2 is 1.80 bits per heavy atom. The van der Waals surface area contributed by atoms with Crippen LogP contribution >= 0.6 is 15.9 Å². The van der Waals surface area contributed by atoms with Crippen LogP contribution in [0, 0.1) is 0 Å². The first kappa shape index (κ1) is 22.8. The molecule has 2 aromatic carbocycles. The molecule has 0 fully saturated rings. The summed E-state index contributed by atoms with van der Waals surface area (Å²) in [7, 11) is 1.53. The Hall–Kier alpha value is -3.99. The van der Waals surface area contributed by atoms with Crippen molar-refractivity contribution in [3.63, 3.8) is 0 Å². The van der Waals surface area contributed by atoms with E-state index >= 15 is 0 Å². The number of fused-ring (bicyclic) bond motifs is 2. The second kappa shape index (κ2) is 8.99. The number of H-pyrrole nitrogens is 1. The number of hydrogen-bond acceptors (Lipinski definition) is 6. The van der Waals surface area contributed by atoms with Gasteiger partial charge in [-0.25, -0.2) is 4.79 Å². The predicted molar refractivity (Wildman–Crippen MR) is 137 cm³/mol. The third-order valence-electron chi connectivity index (χ3n) is 6.07. The van der Waals surface area contributed by atoms with Gasteiger partial charge in [-0.2, -0.15) is 4.98 Å². The molecule has 0 aliphatic carbocycles. The fourth-order valence-corrected chi connectivity index (χ4v) is 4.64. The molecule has 1 atom stereocenters. The number of para-hydroxylation sites is 1. The van der Waals surface area contributed by atoms with Gasteiger partial charge in [-0.05, 0) is 18.6 Å². The third kappa shape index (κ3) is 3.77. The minimum absolute atomic E-state index is 0.0154. The number of alkyl halides is 1. The van der Waals surface area contributed by atoms with Crippen molar-refractivity contribution in [1.29, 1.82) is 0 Å². The zero-order valence-corrected chi connectivity index (χ0v) is 20.6. The van der Waals surface area contributed by atoms with Gasteiger partial charge in [0.15, 0.2) is 16.9 Å². The van der Waals surface area contributed by atoms with Gasteiger partial charge in [-0.1, -0.05) is 64.5 Å². The molecule has 0 radical (unpaired) electrons. The molecule has 5 rings (SSSR count). The molecule has 5 aromatic rings. The summed E-state index contributed by atoms with van der Waals surface area (Å²) in [5.74, 6) is 0.123. The predicted octanol–water partition coefficient (Wildman–Crippen LogP) is 4.50. The largest absolute Gasteiger partial charge is 0.493 e. The summed E-state index contributed by atoms with van der Waals surface area (Å²) >= 11 is 3.42. The molecule has 1 unspecified atom stereocenters. The number of imidazole rings is 1. The van der Waals surface area contributed by atoms with Gasteiger partial charge in [-0.15, -0.1) is 10.2 Å². The van der Waals surface area contributed by atoms with E-state index in [1.165, 1.54) is 11.6 Å². The number of aromatic nitrogens is 5. The first-order valence-corrected chi connectivity index (χ1v) is 12.1. The fourth-order valence-electron chi connectivity index (χ4n) is 4.28. The molecule has 0 amide bonds. The van der Waals surface area contributed by atoms with Gasteiger partial charge >= 0.3 is 5.69 Å². The van der Waals surface area contributed by atoms with Crippen LogP contribution in [0.3, 0.4) is 0 Å². The van der Waals surface area contributed by atoms with E-state index in [1.54, 1.807) is 9.13 Å². The van der Waals surface area contributed by atoms with Gasteiger partial charge in [0.1, 0.15) is 0 Å². The maximum atomic E-state index is 12.9. The standard InChI is InChI=1S/C24H22BrN7O3/c1-14(15-8-4-3-5-9-15)32-19-20(30(2)24(35)27-21(19)33)26-23(32)29-28-18-16-10-6-7-11-17(16)31(13-12-25)22(18)34/h3-11,14,34H,12-13H2,1-2H3,(H,27,33,35). The van der Waals surface area contributed by atoms with Gasteiger partial charge < -0.3 is 9.67 Å². The lowest BCUT2D eigenvalue weighted by atomic mass is 10.1. The van der Waals surface area contributed by atoms with E-state index < -0.39 is 11.2 Å². The van der Waals surface area contributed by atoms with E-state index in [0.717, 1.165) is 16.5 Å². The van der Waals surface area contributed by atoms with E-state index in [4.69, 9.17) is 0 Å². The lowest BCUT2D eigenvalue weighted by Crippen LogP contribution is -2.29. The average molecular weight is 536 g/mol. The minimum Gasteiger partial charge on any atom is -0.493 e. The van der Waals surface area contributed by atoms with Gasteiger partial charge in [0.05, 0.1) is 11.6 Å². The summed E-state index contributed by atoms with van der Waals surface area (Å²) in [5.41, 5.74) is 1.33. The zero-order chi connectivity index (χ0) is 24.7. The van der Waals surface area contributed by atoms with E-state index in [9.17, 15) is 14.7 Å². The van der Waals surface area contributed by atoms with Crippen LogP contribution in [0.5, 0.6) is 5.88 Å². The van der Waals surface area contributed by atoms with Crippen LogP contribution in [0.25, 0.3) is 22.1 Å². The Morgan fingerprint density at radius 1 is 1.09 bits per heavy atom. The Kier molecular flexibility index (Phi) is 5.85. The summed E-state index contributed by atoms with van der Waals surface area (Å²) < 4.78 is 4.67. The van der Waals surface area contributed by atoms with E-state index in [2.05, 4.69) is 36.1 Å². The van der Waals surface area contributed by atoms with Crippen molar-refractivity contribution in [3.8, 4) is 5.88 Å². The van der Waals surface area contributed by atoms with Crippen molar-refractivity contribution in [1.82, 2.24) is 23.7 Å². The smallest absolute Gasteiger partial charge is 0.329 e. The minimum atomic E-state index is -0.571. The number of rotatable bonds is 6. The molecule has 0 saturated carbocycles. The molecule has 11 heteroatoms. The highest BCUT2D eigenvalue weighted by atomic mass is 79.9. The molecule has 0 bridgehead atoms. The number of benzene rings is 2. The maximum Gasteiger partial charge on any atom is 0.329 e. The Bertz CT molecular complexity index is 1700. The van der Waals surface area contributed by atoms with Crippen LogP contribution in [0.15, 0.2) is 74.4 Å². The van der Waals surface area contributed by atoms with Crippen molar-refractivity contribution in [2.24, 2.45) is 17.3 Å². The molecular weight excluding hydrogens is 514 g/mol. The number of nitrogens with one attached hydrogen (secondary N) is 1. The molecule has 178 valence electrons. The van der Waals surface area contributed by atoms with Crippen LogP contribution in [-0.2, 0) is 13.6 Å². The van der Waals surface area contributed by atoms with Crippen LogP contribution < -0.4 is 11.2 Å². The van der Waals surface area contributed by atoms with E-state index in [0.29, 0.717) is 17.6 Å². The van der Waals surface area contributed by atoms with Crippen molar-refractivity contribution in [2.75, 3.05) is 5.33 Å². The number of aryl methyl sites for hydroxylation is 2. The Balaban J connectivity index is 1.74. The van der Waals surface area contributed by atoms with Crippen LogP contribution in [-0.4, -0.2) is 34.1 Å². The number of aromatic hydroxyl groups is 1. The SMILES string of the molecule is CC(c1ccccc1)n1c(N=Nc2c(O)n(CCBr)c3ccccc23)nc2c1c(=O)[nH]c(=O)n2C. The highest BCUT2D eigenvalue weighted by molar-refractivity contribution is 9.09. The van der Waals surface area contributed by atoms with Gasteiger partial charge in [-0.3, -0.25) is 18.9 Å². The van der Waals surface area contributed by atoms with Gasteiger partial charge in [0.25, 0.3) is 11.5 Å². The lowest BCUT2D eigenvalue weighted by Gasteiger charge is -2.15. The van der Waals surface area contributed by atoms with Gasteiger partial charge in [0, 0.05) is 24.3 Å². The molecule has 2 N–H and O–H groups in total. The van der Waals surface area contributed by atoms with Crippen LogP contribution in [0.4, 0.5) is 11.6 Å². The number of nitrogens with zero attached hydrogens (tertiary/aromatic N) is 6. The van der Waals surface area contributed by atoms with Crippen molar-refractivity contribution in [2.45, 2.75) is 19.5 Å². The van der Waals surface area contributed by atoms with E-state index in [1.807, 2.05) is 61.5 Å². The molecular formula is C24H22BrN7O3. The third-order valence-corrected chi connectivity index (χ3v) is 6.42. The highest BCUT2D eigenvalue weighted by Crippen LogP contribution is 2.40. The number of hydrogen-bond donors (Lipinski definition) is 2. The summed E-state index contributed by atoms with van der Waals surface area (Å²) in [6.45, 7) is 2.46. The molecule has 0 spiro atoms.